The van der Waals surface area contributed by atoms with Gasteiger partial charge >= 0.3 is 5.97 Å². The first-order valence-electron chi connectivity index (χ1n) is 11.5. The maximum Gasteiger partial charge on any atom is 0.348 e. The molecule has 0 spiro atoms. The van der Waals surface area contributed by atoms with Crippen LogP contribution >= 0.6 is 11.3 Å². The molecule has 0 saturated heterocycles. The predicted molar refractivity (Wildman–Crippen MR) is 127 cm³/mol. The first kappa shape index (κ1) is 23.5. The summed E-state index contributed by atoms with van der Waals surface area (Å²) in [6, 6.07) is 2.29. The number of hydrogen-bond acceptors (Lipinski definition) is 5. The summed E-state index contributed by atoms with van der Waals surface area (Å²) in [7, 11) is 5.70. The number of thiophene rings is 1. The zero-order chi connectivity index (χ0) is 22.1. The fourth-order valence-electron chi connectivity index (χ4n) is 4.79. The Morgan fingerprint density at radius 2 is 1.93 bits per heavy atom. The summed E-state index contributed by atoms with van der Waals surface area (Å²) in [4.78, 5) is 19.6. The molecule has 2 heterocycles. The van der Waals surface area contributed by atoms with Crippen LogP contribution in [0.3, 0.4) is 0 Å². The quantitative estimate of drug-likeness (QED) is 0.545. The van der Waals surface area contributed by atoms with Crippen molar-refractivity contribution in [2.75, 3.05) is 40.8 Å². The van der Waals surface area contributed by atoms with Gasteiger partial charge in [0.1, 0.15) is 4.88 Å². The van der Waals surface area contributed by atoms with E-state index in [4.69, 9.17) is 4.74 Å². The molecule has 0 atom stereocenters. The summed E-state index contributed by atoms with van der Waals surface area (Å²) in [6.07, 6.45) is 6.23. The molecule has 1 fully saturated rings. The molecule has 30 heavy (non-hydrogen) atoms. The van der Waals surface area contributed by atoms with Crippen molar-refractivity contribution in [1.82, 2.24) is 9.80 Å². The molecule has 1 aliphatic heterocycles. The Morgan fingerprint density at radius 3 is 2.50 bits per heavy atom. The SMILES string of the molecule is CCN1CCC(c2cc(C(C)(C)N(C)C)sc2C(=O)OC)=C(C2CCC(C)CC2)C1. The standard InChI is InChI=1S/C25H40N2O2S/c1-8-27-14-13-19(21(16-27)18-11-9-17(2)10-12-18)20-15-22(25(3,4)26(5)6)30-23(20)24(28)29-7/h15,17-18H,8-14,16H2,1-7H3. The minimum absolute atomic E-state index is 0.128. The van der Waals surface area contributed by atoms with Gasteiger partial charge in [-0.05, 0) is 82.8 Å². The lowest BCUT2D eigenvalue weighted by molar-refractivity contribution is 0.0606. The van der Waals surface area contributed by atoms with E-state index in [-0.39, 0.29) is 11.5 Å². The molecule has 0 radical (unpaired) electrons. The summed E-state index contributed by atoms with van der Waals surface area (Å²) < 4.78 is 5.22. The van der Waals surface area contributed by atoms with Gasteiger partial charge in [-0.2, -0.15) is 0 Å². The van der Waals surface area contributed by atoms with E-state index in [1.165, 1.54) is 43.2 Å². The Balaban J connectivity index is 2.11. The lowest BCUT2D eigenvalue weighted by Gasteiger charge is -2.37. The number of nitrogens with zero attached hydrogens (tertiary/aromatic N) is 2. The Hall–Kier alpha value is -1.17. The summed E-state index contributed by atoms with van der Waals surface area (Å²) in [5, 5.41) is 0. The van der Waals surface area contributed by atoms with E-state index >= 15 is 0 Å². The zero-order valence-corrected chi connectivity index (χ0v) is 20.8. The molecule has 1 saturated carbocycles. The summed E-state index contributed by atoms with van der Waals surface area (Å²) in [6.45, 7) is 12.3. The van der Waals surface area contributed by atoms with Crippen LogP contribution in [0.25, 0.3) is 5.57 Å². The molecular formula is C25H40N2O2S. The molecule has 1 aromatic rings. The average molecular weight is 433 g/mol. The molecule has 1 aliphatic carbocycles. The van der Waals surface area contributed by atoms with Gasteiger partial charge in [-0.3, -0.25) is 9.80 Å². The van der Waals surface area contributed by atoms with Gasteiger partial charge in [0.05, 0.1) is 7.11 Å². The summed E-state index contributed by atoms with van der Waals surface area (Å²) >= 11 is 1.61. The maximum absolute atomic E-state index is 12.8. The molecule has 5 heteroatoms. The molecule has 2 aliphatic rings. The zero-order valence-electron chi connectivity index (χ0n) is 20.0. The normalized spacial score (nSPS) is 23.9. The number of esters is 1. The highest BCUT2D eigenvalue weighted by Crippen LogP contribution is 2.44. The van der Waals surface area contributed by atoms with E-state index < -0.39 is 0 Å². The van der Waals surface area contributed by atoms with E-state index in [0.29, 0.717) is 5.92 Å². The molecule has 0 amide bonds. The van der Waals surface area contributed by atoms with Crippen LogP contribution in [0.15, 0.2) is 11.6 Å². The van der Waals surface area contributed by atoms with Gasteiger partial charge in [0.2, 0.25) is 0 Å². The van der Waals surface area contributed by atoms with Gasteiger partial charge in [-0.1, -0.05) is 26.7 Å². The third-order valence-electron chi connectivity index (χ3n) is 7.56. The molecule has 168 valence electrons. The lowest BCUT2D eigenvalue weighted by atomic mass is 9.75. The molecule has 3 rings (SSSR count). The molecular weight excluding hydrogens is 392 g/mol. The average Bonchev–Trinajstić information content (AvgIpc) is 3.19. The maximum atomic E-state index is 12.8. The molecule has 0 unspecified atom stereocenters. The van der Waals surface area contributed by atoms with Gasteiger partial charge in [0.25, 0.3) is 0 Å². The first-order chi connectivity index (χ1) is 14.2. The third kappa shape index (κ3) is 4.68. The van der Waals surface area contributed by atoms with Crippen LogP contribution in [-0.2, 0) is 10.3 Å². The Morgan fingerprint density at radius 1 is 1.27 bits per heavy atom. The van der Waals surface area contributed by atoms with E-state index in [0.717, 1.165) is 42.4 Å². The van der Waals surface area contributed by atoms with E-state index in [1.807, 2.05) is 0 Å². The minimum atomic E-state index is -0.196. The van der Waals surface area contributed by atoms with Gasteiger partial charge in [0.15, 0.2) is 0 Å². The van der Waals surface area contributed by atoms with Crippen molar-refractivity contribution in [1.29, 1.82) is 0 Å². The van der Waals surface area contributed by atoms with Crippen LogP contribution in [0.4, 0.5) is 0 Å². The van der Waals surface area contributed by atoms with Crippen molar-refractivity contribution in [3.63, 3.8) is 0 Å². The van der Waals surface area contributed by atoms with Crippen molar-refractivity contribution in [2.24, 2.45) is 11.8 Å². The minimum Gasteiger partial charge on any atom is -0.465 e. The van der Waals surface area contributed by atoms with Crippen LogP contribution in [0.2, 0.25) is 0 Å². The van der Waals surface area contributed by atoms with Gasteiger partial charge in [0, 0.05) is 29.1 Å². The number of carbonyl (C=O) groups excluding carboxylic acids is 1. The highest BCUT2D eigenvalue weighted by Gasteiger charge is 2.33. The molecule has 4 nitrogen and oxygen atoms in total. The third-order valence-corrected chi connectivity index (χ3v) is 8.99. The van der Waals surface area contributed by atoms with Crippen LogP contribution in [0, 0.1) is 11.8 Å². The van der Waals surface area contributed by atoms with E-state index in [9.17, 15) is 4.79 Å². The summed E-state index contributed by atoms with van der Waals surface area (Å²) in [5.41, 5.74) is 4.03. The monoisotopic (exact) mass is 432 g/mol. The second-order valence-electron chi connectivity index (χ2n) is 9.88. The van der Waals surface area contributed by atoms with Crippen LogP contribution in [0.1, 0.15) is 79.9 Å². The second kappa shape index (κ2) is 9.54. The van der Waals surface area contributed by atoms with Crippen molar-refractivity contribution >= 4 is 22.9 Å². The van der Waals surface area contributed by atoms with Crippen LogP contribution in [-0.4, -0.2) is 56.6 Å². The lowest BCUT2D eigenvalue weighted by Crippen LogP contribution is -2.35. The molecule has 0 aromatic carbocycles. The first-order valence-corrected chi connectivity index (χ1v) is 12.3. The number of rotatable bonds is 6. The second-order valence-corrected chi connectivity index (χ2v) is 10.9. The van der Waals surface area contributed by atoms with Gasteiger partial charge in [-0.25, -0.2) is 4.79 Å². The Bertz CT molecular complexity index is 785. The van der Waals surface area contributed by atoms with Crippen molar-refractivity contribution < 1.29 is 9.53 Å². The van der Waals surface area contributed by atoms with Crippen LogP contribution < -0.4 is 0 Å². The van der Waals surface area contributed by atoms with Crippen molar-refractivity contribution in [3.8, 4) is 0 Å². The van der Waals surface area contributed by atoms with Crippen LogP contribution in [0.5, 0.6) is 0 Å². The van der Waals surface area contributed by atoms with E-state index in [1.54, 1.807) is 16.9 Å². The Kier molecular flexibility index (Phi) is 7.47. The highest BCUT2D eigenvalue weighted by molar-refractivity contribution is 7.14. The molecule has 0 bridgehead atoms. The van der Waals surface area contributed by atoms with Crippen molar-refractivity contribution in [3.05, 3.63) is 27.0 Å². The smallest absolute Gasteiger partial charge is 0.348 e. The van der Waals surface area contributed by atoms with Crippen molar-refractivity contribution in [2.45, 2.75) is 65.3 Å². The molecule has 1 aromatic heterocycles. The predicted octanol–water partition coefficient (Wildman–Crippen LogP) is 5.64. The number of carbonyl (C=O) groups is 1. The largest absolute Gasteiger partial charge is 0.465 e. The number of methoxy groups -OCH3 is 1. The Labute approximate surface area is 187 Å². The fourth-order valence-corrected chi connectivity index (χ4v) is 6.08. The van der Waals surface area contributed by atoms with E-state index in [2.05, 4.69) is 57.7 Å². The summed E-state index contributed by atoms with van der Waals surface area (Å²) in [5.74, 6) is 1.30. The fraction of sp³-hybridized carbons (Fsp3) is 0.720. The topological polar surface area (TPSA) is 32.8 Å². The van der Waals surface area contributed by atoms with Gasteiger partial charge in [-0.15, -0.1) is 11.3 Å². The number of likely N-dealkylation sites (N-methyl/N-ethyl adjacent to an activating group) is 1. The number of hydrogen-bond donors (Lipinski definition) is 0. The highest BCUT2D eigenvalue weighted by atomic mass is 32.1. The van der Waals surface area contributed by atoms with Gasteiger partial charge < -0.3 is 4.74 Å². The molecule has 0 N–H and O–H groups in total. The number of ether oxygens (including phenoxy) is 1.